The summed E-state index contributed by atoms with van der Waals surface area (Å²) >= 11 is 0. The van der Waals surface area contributed by atoms with Crippen LogP contribution in [0.3, 0.4) is 0 Å². The SMILES string of the molecule is COc1ccc(COc2ccc3c(c2)O/C(=C\c2ccncc2)C3=O)cc1. The third kappa shape index (κ3) is 3.67. The molecule has 134 valence electrons. The molecule has 1 aromatic heterocycles. The summed E-state index contributed by atoms with van der Waals surface area (Å²) in [6.07, 6.45) is 5.05. The van der Waals surface area contributed by atoms with Gasteiger partial charge in [0.15, 0.2) is 5.76 Å². The van der Waals surface area contributed by atoms with Gasteiger partial charge in [0.2, 0.25) is 5.78 Å². The summed E-state index contributed by atoms with van der Waals surface area (Å²) in [5.74, 6) is 2.11. The molecule has 3 aromatic rings. The number of allylic oxidation sites excluding steroid dienone is 1. The number of hydrogen-bond donors (Lipinski definition) is 0. The van der Waals surface area contributed by atoms with Crippen LogP contribution in [-0.2, 0) is 6.61 Å². The molecule has 2 heterocycles. The van der Waals surface area contributed by atoms with Gasteiger partial charge in [-0.15, -0.1) is 0 Å². The number of carbonyl (C=O) groups is 1. The Morgan fingerprint density at radius 2 is 1.74 bits per heavy atom. The largest absolute Gasteiger partial charge is 0.497 e. The molecule has 0 aliphatic carbocycles. The molecule has 4 rings (SSSR count). The number of aromatic nitrogens is 1. The number of ketones is 1. The van der Waals surface area contributed by atoms with Crippen molar-refractivity contribution in [2.75, 3.05) is 7.11 Å². The third-order valence-electron chi connectivity index (χ3n) is 4.21. The van der Waals surface area contributed by atoms with Crippen LogP contribution in [-0.4, -0.2) is 17.9 Å². The Morgan fingerprint density at radius 3 is 2.48 bits per heavy atom. The smallest absolute Gasteiger partial charge is 0.231 e. The highest BCUT2D eigenvalue weighted by Gasteiger charge is 2.27. The molecule has 0 bridgehead atoms. The van der Waals surface area contributed by atoms with Gasteiger partial charge in [-0.25, -0.2) is 0 Å². The Hall–Kier alpha value is -3.60. The molecule has 0 radical (unpaired) electrons. The molecule has 0 saturated heterocycles. The first kappa shape index (κ1) is 16.8. The van der Waals surface area contributed by atoms with Crippen molar-refractivity contribution in [3.63, 3.8) is 0 Å². The van der Waals surface area contributed by atoms with Crippen LogP contribution in [0.1, 0.15) is 21.5 Å². The Kier molecular flexibility index (Phi) is 4.58. The van der Waals surface area contributed by atoms with E-state index in [9.17, 15) is 4.79 Å². The van der Waals surface area contributed by atoms with E-state index in [1.165, 1.54) is 0 Å². The second kappa shape index (κ2) is 7.33. The minimum absolute atomic E-state index is 0.136. The van der Waals surface area contributed by atoms with Crippen LogP contribution in [0.5, 0.6) is 17.2 Å². The average molecular weight is 359 g/mol. The minimum atomic E-state index is -0.136. The second-order valence-corrected chi connectivity index (χ2v) is 6.02. The number of methoxy groups -OCH3 is 1. The van der Waals surface area contributed by atoms with Crippen molar-refractivity contribution >= 4 is 11.9 Å². The van der Waals surface area contributed by atoms with Crippen LogP contribution in [0.25, 0.3) is 6.08 Å². The second-order valence-electron chi connectivity index (χ2n) is 6.02. The van der Waals surface area contributed by atoms with Crippen molar-refractivity contribution in [2.45, 2.75) is 6.61 Å². The van der Waals surface area contributed by atoms with Gasteiger partial charge in [0, 0.05) is 18.5 Å². The van der Waals surface area contributed by atoms with E-state index in [1.54, 1.807) is 43.8 Å². The van der Waals surface area contributed by atoms with Crippen molar-refractivity contribution < 1.29 is 19.0 Å². The minimum Gasteiger partial charge on any atom is -0.497 e. The fourth-order valence-corrected chi connectivity index (χ4v) is 2.76. The standard InChI is InChI=1S/C22H17NO4/c1-25-17-4-2-16(3-5-17)14-26-18-6-7-19-20(13-18)27-21(22(19)24)12-15-8-10-23-11-9-15/h2-13H,14H2,1H3/b21-12-. The summed E-state index contributed by atoms with van der Waals surface area (Å²) in [6.45, 7) is 0.413. The van der Waals surface area contributed by atoms with E-state index in [0.717, 1.165) is 16.9 Å². The quantitative estimate of drug-likeness (QED) is 0.636. The van der Waals surface area contributed by atoms with Gasteiger partial charge in [-0.05, 0) is 53.6 Å². The van der Waals surface area contributed by atoms with Crippen LogP contribution in [0.4, 0.5) is 0 Å². The van der Waals surface area contributed by atoms with Crippen LogP contribution < -0.4 is 14.2 Å². The first-order valence-corrected chi connectivity index (χ1v) is 8.47. The zero-order valence-corrected chi connectivity index (χ0v) is 14.7. The van der Waals surface area contributed by atoms with Gasteiger partial charge in [-0.2, -0.15) is 0 Å². The highest BCUT2D eigenvalue weighted by atomic mass is 16.5. The fraction of sp³-hybridized carbons (Fsp3) is 0.0909. The predicted octanol–water partition coefficient (Wildman–Crippen LogP) is 4.29. The number of hydrogen-bond acceptors (Lipinski definition) is 5. The van der Waals surface area contributed by atoms with Gasteiger partial charge in [-0.3, -0.25) is 9.78 Å². The van der Waals surface area contributed by atoms with E-state index in [2.05, 4.69) is 4.98 Å². The molecule has 0 unspecified atom stereocenters. The zero-order valence-electron chi connectivity index (χ0n) is 14.7. The Balaban J connectivity index is 1.48. The maximum Gasteiger partial charge on any atom is 0.231 e. The molecule has 0 N–H and O–H groups in total. The van der Waals surface area contributed by atoms with Gasteiger partial charge in [0.1, 0.15) is 23.9 Å². The van der Waals surface area contributed by atoms with E-state index in [-0.39, 0.29) is 5.78 Å². The summed E-state index contributed by atoms with van der Waals surface area (Å²) in [4.78, 5) is 16.5. The lowest BCUT2D eigenvalue weighted by Crippen LogP contribution is -1.98. The van der Waals surface area contributed by atoms with Crippen molar-refractivity contribution in [3.8, 4) is 17.2 Å². The molecule has 2 aromatic carbocycles. The summed E-state index contributed by atoms with van der Waals surface area (Å²) < 4.78 is 16.7. The average Bonchev–Trinajstić information content (AvgIpc) is 3.02. The molecule has 0 atom stereocenters. The molecule has 0 spiro atoms. The van der Waals surface area contributed by atoms with Crippen molar-refractivity contribution in [3.05, 3.63) is 89.4 Å². The zero-order chi connectivity index (χ0) is 18.6. The first-order chi connectivity index (χ1) is 13.2. The highest BCUT2D eigenvalue weighted by Crippen LogP contribution is 2.35. The Bertz CT molecular complexity index is 995. The number of ether oxygens (including phenoxy) is 3. The molecule has 0 saturated carbocycles. The molecule has 5 nitrogen and oxygen atoms in total. The van der Waals surface area contributed by atoms with Crippen molar-refractivity contribution in [1.29, 1.82) is 0 Å². The molecule has 27 heavy (non-hydrogen) atoms. The van der Waals surface area contributed by atoms with Crippen LogP contribution in [0, 0.1) is 0 Å². The Labute approximate surface area is 156 Å². The molecule has 0 amide bonds. The first-order valence-electron chi connectivity index (χ1n) is 8.47. The van der Waals surface area contributed by atoms with Crippen molar-refractivity contribution in [2.24, 2.45) is 0 Å². The lowest BCUT2D eigenvalue weighted by Gasteiger charge is -2.08. The lowest BCUT2D eigenvalue weighted by molar-refractivity contribution is 0.101. The molecular weight excluding hydrogens is 342 g/mol. The summed E-state index contributed by atoms with van der Waals surface area (Å²) in [5.41, 5.74) is 2.41. The van der Waals surface area contributed by atoms with E-state index < -0.39 is 0 Å². The number of fused-ring (bicyclic) bond motifs is 1. The lowest BCUT2D eigenvalue weighted by atomic mass is 10.1. The van der Waals surface area contributed by atoms with Crippen LogP contribution >= 0.6 is 0 Å². The summed E-state index contributed by atoms with van der Waals surface area (Å²) in [5, 5.41) is 0. The summed E-state index contributed by atoms with van der Waals surface area (Å²) in [7, 11) is 1.63. The van der Waals surface area contributed by atoms with Crippen molar-refractivity contribution in [1.82, 2.24) is 4.98 Å². The number of benzene rings is 2. The maximum atomic E-state index is 12.5. The molecule has 0 fully saturated rings. The number of carbonyl (C=O) groups excluding carboxylic acids is 1. The van der Waals surface area contributed by atoms with Gasteiger partial charge >= 0.3 is 0 Å². The highest BCUT2D eigenvalue weighted by molar-refractivity contribution is 6.14. The monoisotopic (exact) mass is 359 g/mol. The van der Waals surface area contributed by atoms with E-state index in [0.29, 0.717) is 29.4 Å². The number of rotatable bonds is 5. The van der Waals surface area contributed by atoms with Gasteiger partial charge < -0.3 is 14.2 Å². The van der Waals surface area contributed by atoms with E-state index >= 15 is 0 Å². The number of pyridine rings is 1. The maximum absolute atomic E-state index is 12.5. The molecule has 1 aliphatic rings. The molecule has 5 heteroatoms. The van der Waals surface area contributed by atoms with E-state index in [4.69, 9.17) is 14.2 Å². The van der Waals surface area contributed by atoms with Crippen LogP contribution in [0.15, 0.2) is 72.8 Å². The topological polar surface area (TPSA) is 57.6 Å². The third-order valence-corrected chi connectivity index (χ3v) is 4.21. The predicted molar refractivity (Wildman–Crippen MR) is 101 cm³/mol. The number of nitrogens with zero attached hydrogens (tertiary/aromatic N) is 1. The normalized spacial score (nSPS) is 14.0. The molecule has 1 aliphatic heterocycles. The van der Waals surface area contributed by atoms with Gasteiger partial charge in [-0.1, -0.05) is 12.1 Å². The van der Waals surface area contributed by atoms with Gasteiger partial charge in [0.25, 0.3) is 0 Å². The van der Waals surface area contributed by atoms with Gasteiger partial charge in [0.05, 0.1) is 12.7 Å². The Morgan fingerprint density at radius 1 is 1.00 bits per heavy atom. The number of Topliss-reactive ketones (excluding diaryl/α,β-unsaturated/α-hetero) is 1. The van der Waals surface area contributed by atoms with E-state index in [1.807, 2.05) is 36.4 Å². The van der Waals surface area contributed by atoms with Crippen LogP contribution in [0.2, 0.25) is 0 Å². The fourth-order valence-electron chi connectivity index (χ4n) is 2.76. The molecular formula is C22H17NO4. The summed E-state index contributed by atoms with van der Waals surface area (Å²) in [6, 6.07) is 16.5.